The highest BCUT2D eigenvalue weighted by atomic mass is 32.2. The van der Waals surface area contributed by atoms with E-state index in [1.807, 2.05) is 0 Å². The number of benzene rings is 1. The van der Waals surface area contributed by atoms with Crippen LogP contribution in [0.25, 0.3) is 0 Å². The highest BCUT2D eigenvalue weighted by molar-refractivity contribution is 8.01. The van der Waals surface area contributed by atoms with E-state index >= 15 is 0 Å². The summed E-state index contributed by atoms with van der Waals surface area (Å²) in [5, 5.41) is 3.23. The number of thiophene rings is 1. The molecule has 23 heavy (non-hydrogen) atoms. The first-order chi connectivity index (χ1) is 10.7. The van der Waals surface area contributed by atoms with Crippen LogP contribution in [0.3, 0.4) is 0 Å². The van der Waals surface area contributed by atoms with Crippen molar-refractivity contribution in [3.05, 3.63) is 35.6 Å². The summed E-state index contributed by atoms with van der Waals surface area (Å²) >= 11 is 1.95. The van der Waals surface area contributed by atoms with E-state index in [1.165, 1.54) is 6.07 Å². The maximum absolute atomic E-state index is 13.3. The lowest BCUT2D eigenvalue weighted by molar-refractivity contribution is -0.275. The molecule has 1 aromatic carbocycles. The molecule has 0 aliphatic heterocycles. The van der Waals surface area contributed by atoms with Crippen LogP contribution < -0.4 is 15.8 Å². The molecule has 0 bridgehead atoms. The minimum atomic E-state index is -4.89. The topological polar surface area (TPSA) is 64.3 Å². The van der Waals surface area contributed by atoms with Crippen LogP contribution in [0.4, 0.5) is 22.6 Å². The average Bonchev–Trinajstić information content (AvgIpc) is 2.84. The zero-order valence-electron chi connectivity index (χ0n) is 11.5. The zero-order valence-corrected chi connectivity index (χ0v) is 13.2. The number of hydrogen-bond donors (Lipinski definition) is 2. The van der Waals surface area contributed by atoms with Crippen LogP contribution >= 0.6 is 23.1 Å². The van der Waals surface area contributed by atoms with Crippen LogP contribution in [-0.2, 0) is 0 Å². The number of anilines is 1. The van der Waals surface area contributed by atoms with Gasteiger partial charge in [-0.2, -0.15) is 0 Å². The van der Waals surface area contributed by atoms with Crippen molar-refractivity contribution in [2.75, 3.05) is 12.4 Å². The van der Waals surface area contributed by atoms with E-state index in [0.717, 1.165) is 41.3 Å². The molecule has 0 aliphatic rings. The Labute approximate surface area is 136 Å². The van der Waals surface area contributed by atoms with Gasteiger partial charge >= 0.3 is 6.36 Å². The fourth-order valence-electron chi connectivity index (χ4n) is 1.67. The Kier molecular flexibility index (Phi) is 5.05. The van der Waals surface area contributed by atoms with Gasteiger partial charge in [-0.05, 0) is 24.3 Å². The standard InChI is InChI=1S/C13H10F4N2O2S2/c1-19-12-7(11(18)20)5-10(23-12)22-9-4-6(14)2-3-8(9)21-13(15,16)17/h2-5,19H,1H3,(H2,18,20). The van der Waals surface area contributed by atoms with Gasteiger partial charge < -0.3 is 15.8 Å². The lowest BCUT2D eigenvalue weighted by atomic mass is 10.3. The average molecular weight is 366 g/mol. The van der Waals surface area contributed by atoms with Crippen LogP contribution in [-0.4, -0.2) is 19.3 Å². The van der Waals surface area contributed by atoms with Crippen molar-refractivity contribution in [2.45, 2.75) is 15.5 Å². The lowest BCUT2D eigenvalue weighted by Crippen LogP contribution is -2.17. The van der Waals surface area contributed by atoms with Gasteiger partial charge in [0.05, 0.1) is 14.7 Å². The molecule has 0 fully saturated rings. The molecular formula is C13H10F4N2O2S2. The van der Waals surface area contributed by atoms with Crippen LogP contribution in [0.5, 0.6) is 5.75 Å². The third-order valence-electron chi connectivity index (χ3n) is 2.54. The fourth-order valence-corrected chi connectivity index (χ4v) is 3.88. The van der Waals surface area contributed by atoms with Gasteiger partial charge in [-0.3, -0.25) is 4.79 Å². The molecule has 0 aliphatic carbocycles. The maximum atomic E-state index is 13.3. The Morgan fingerprint density at radius 3 is 2.57 bits per heavy atom. The molecule has 3 N–H and O–H groups in total. The molecule has 0 radical (unpaired) electrons. The van der Waals surface area contributed by atoms with E-state index in [9.17, 15) is 22.4 Å². The molecule has 1 aromatic heterocycles. The summed E-state index contributed by atoms with van der Waals surface area (Å²) in [5.74, 6) is -1.91. The molecule has 0 unspecified atom stereocenters. The van der Waals surface area contributed by atoms with Gasteiger partial charge in [-0.1, -0.05) is 11.8 Å². The Hall–Kier alpha value is -1.94. The van der Waals surface area contributed by atoms with Gasteiger partial charge in [0.2, 0.25) is 0 Å². The second kappa shape index (κ2) is 6.67. The first-order valence-electron chi connectivity index (χ1n) is 6.04. The first kappa shape index (κ1) is 17.4. The Balaban J connectivity index is 2.36. The highest BCUT2D eigenvalue weighted by Gasteiger charge is 2.32. The van der Waals surface area contributed by atoms with Crippen molar-refractivity contribution < 1.29 is 27.1 Å². The summed E-state index contributed by atoms with van der Waals surface area (Å²) in [4.78, 5) is 11.2. The molecule has 2 aromatic rings. The van der Waals surface area contributed by atoms with Gasteiger partial charge in [0.1, 0.15) is 16.6 Å². The summed E-state index contributed by atoms with van der Waals surface area (Å²) < 4.78 is 54.9. The van der Waals surface area contributed by atoms with Gasteiger partial charge in [0.15, 0.2) is 0 Å². The minimum Gasteiger partial charge on any atom is -0.405 e. The van der Waals surface area contributed by atoms with E-state index in [4.69, 9.17) is 5.73 Å². The normalized spacial score (nSPS) is 11.3. The number of primary amides is 1. The quantitative estimate of drug-likeness (QED) is 0.783. The van der Waals surface area contributed by atoms with Crippen molar-refractivity contribution in [1.82, 2.24) is 0 Å². The number of rotatable bonds is 5. The second-order valence-electron chi connectivity index (χ2n) is 4.16. The van der Waals surface area contributed by atoms with E-state index < -0.39 is 23.8 Å². The van der Waals surface area contributed by atoms with Crippen LogP contribution in [0, 0.1) is 5.82 Å². The van der Waals surface area contributed by atoms with E-state index in [0.29, 0.717) is 9.21 Å². The molecule has 4 nitrogen and oxygen atoms in total. The highest BCUT2D eigenvalue weighted by Crippen LogP contribution is 2.43. The predicted molar refractivity (Wildman–Crippen MR) is 79.6 cm³/mol. The van der Waals surface area contributed by atoms with Crippen molar-refractivity contribution in [3.8, 4) is 5.75 Å². The number of carbonyl (C=O) groups is 1. The zero-order chi connectivity index (χ0) is 17.2. The Bertz CT molecular complexity index is 731. The summed E-state index contributed by atoms with van der Waals surface area (Å²) in [6.45, 7) is 0. The molecule has 1 amide bonds. The van der Waals surface area contributed by atoms with Crippen molar-refractivity contribution in [1.29, 1.82) is 0 Å². The summed E-state index contributed by atoms with van der Waals surface area (Å²) in [6.07, 6.45) is -4.89. The van der Waals surface area contributed by atoms with Gasteiger partial charge in [0.25, 0.3) is 5.91 Å². The summed E-state index contributed by atoms with van der Waals surface area (Å²) in [7, 11) is 1.58. The maximum Gasteiger partial charge on any atom is 0.573 e. The molecular weight excluding hydrogens is 356 g/mol. The van der Waals surface area contributed by atoms with E-state index in [2.05, 4.69) is 10.1 Å². The number of amides is 1. The van der Waals surface area contributed by atoms with E-state index in [-0.39, 0.29) is 10.5 Å². The fraction of sp³-hybridized carbons (Fsp3) is 0.154. The van der Waals surface area contributed by atoms with Gasteiger partial charge in [-0.15, -0.1) is 24.5 Å². The molecule has 2 rings (SSSR count). The number of alkyl halides is 3. The predicted octanol–water partition coefficient (Wildman–Crippen LogP) is 4.08. The number of carbonyl (C=O) groups excluding carboxylic acids is 1. The summed E-state index contributed by atoms with van der Waals surface area (Å²) in [6, 6.07) is 4.11. The third-order valence-corrected chi connectivity index (χ3v) is 4.85. The van der Waals surface area contributed by atoms with Gasteiger partial charge in [0, 0.05) is 7.05 Å². The molecule has 0 atom stereocenters. The molecule has 10 heteroatoms. The SMILES string of the molecule is CNc1sc(Sc2cc(F)ccc2OC(F)(F)F)cc1C(N)=O. The second-order valence-corrected chi connectivity index (χ2v) is 6.56. The first-order valence-corrected chi connectivity index (χ1v) is 7.67. The summed E-state index contributed by atoms with van der Waals surface area (Å²) in [5.41, 5.74) is 5.42. The molecule has 0 spiro atoms. The number of nitrogens with one attached hydrogen (secondary N) is 1. The molecule has 0 saturated carbocycles. The molecule has 124 valence electrons. The Morgan fingerprint density at radius 1 is 1.35 bits per heavy atom. The number of halogens is 4. The lowest BCUT2D eigenvalue weighted by Gasteiger charge is -2.12. The van der Waals surface area contributed by atoms with Crippen molar-refractivity contribution in [2.24, 2.45) is 5.73 Å². The third kappa shape index (κ3) is 4.52. The van der Waals surface area contributed by atoms with Crippen molar-refractivity contribution in [3.63, 3.8) is 0 Å². The Morgan fingerprint density at radius 2 is 2.04 bits per heavy atom. The van der Waals surface area contributed by atoms with Crippen molar-refractivity contribution >= 4 is 34.0 Å². The number of nitrogens with two attached hydrogens (primary N) is 1. The van der Waals surface area contributed by atoms with Crippen LogP contribution in [0.1, 0.15) is 10.4 Å². The minimum absolute atomic E-state index is 0.0674. The number of ether oxygens (including phenoxy) is 1. The van der Waals surface area contributed by atoms with Crippen LogP contribution in [0.2, 0.25) is 0 Å². The van der Waals surface area contributed by atoms with E-state index in [1.54, 1.807) is 7.05 Å². The van der Waals surface area contributed by atoms with Crippen LogP contribution in [0.15, 0.2) is 33.4 Å². The molecule has 1 heterocycles. The van der Waals surface area contributed by atoms with Gasteiger partial charge in [-0.25, -0.2) is 4.39 Å². The smallest absolute Gasteiger partial charge is 0.405 e. The number of hydrogen-bond acceptors (Lipinski definition) is 5. The molecule has 0 saturated heterocycles. The largest absolute Gasteiger partial charge is 0.573 e. The monoisotopic (exact) mass is 366 g/mol.